The highest BCUT2D eigenvalue weighted by atomic mass is 19.4. The average molecular weight is 313 g/mol. The minimum absolute atomic E-state index is 0.0651. The van der Waals surface area contributed by atoms with E-state index >= 15 is 0 Å². The number of carbonyl (C=O) groups excluding carboxylic acids is 1. The largest absolute Gasteiger partial charge is 0.408 e. The molecule has 22 heavy (non-hydrogen) atoms. The highest BCUT2D eigenvalue weighted by Crippen LogP contribution is 2.48. The smallest absolute Gasteiger partial charge is 0.341 e. The van der Waals surface area contributed by atoms with Crippen LogP contribution in [0.3, 0.4) is 0 Å². The molecule has 2 nitrogen and oxygen atoms in total. The number of benzene rings is 1. The minimum atomic E-state index is -4.43. The molecule has 0 heterocycles. The first kappa shape index (κ1) is 16.8. The van der Waals surface area contributed by atoms with E-state index in [1.54, 1.807) is 12.1 Å². The number of halogens is 3. The lowest BCUT2D eigenvalue weighted by molar-refractivity contribution is -0.149. The zero-order valence-corrected chi connectivity index (χ0v) is 13.3. The normalized spacial score (nSPS) is 18.2. The Kier molecular flexibility index (Phi) is 4.28. The number of rotatable bonds is 4. The summed E-state index contributed by atoms with van der Waals surface area (Å²) in [5.74, 6) is -0.452. The van der Waals surface area contributed by atoms with E-state index in [0.29, 0.717) is 5.56 Å². The average Bonchev–Trinajstić information content (AvgIpc) is 3.16. The Hall–Kier alpha value is -1.52. The van der Waals surface area contributed by atoms with E-state index in [1.807, 2.05) is 19.2 Å². The summed E-state index contributed by atoms with van der Waals surface area (Å²) in [6.45, 7) is 7.09. The molecule has 1 atom stereocenters. The van der Waals surface area contributed by atoms with Gasteiger partial charge in [-0.05, 0) is 54.4 Å². The molecule has 0 saturated heterocycles. The Morgan fingerprint density at radius 1 is 1.18 bits per heavy atom. The predicted octanol–water partition coefficient (Wildman–Crippen LogP) is 4.54. The molecule has 1 aliphatic carbocycles. The van der Waals surface area contributed by atoms with Gasteiger partial charge in [0, 0.05) is 5.56 Å². The Labute approximate surface area is 129 Å². The number of carbonyl (C=O) groups is 1. The minimum Gasteiger partial charge on any atom is -0.341 e. The molecule has 1 aliphatic rings. The summed E-state index contributed by atoms with van der Waals surface area (Å²) < 4.78 is 37.8. The van der Waals surface area contributed by atoms with E-state index in [9.17, 15) is 18.0 Å². The van der Waals surface area contributed by atoms with Gasteiger partial charge in [0.15, 0.2) is 0 Å². The second-order valence-electron chi connectivity index (χ2n) is 6.80. The second kappa shape index (κ2) is 5.60. The van der Waals surface area contributed by atoms with Crippen molar-refractivity contribution in [1.82, 2.24) is 5.32 Å². The van der Waals surface area contributed by atoms with E-state index in [4.69, 9.17) is 0 Å². The molecule has 1 amide bonds. The first-order chi connectivity index (χ1) is 10.0. The maximum atomic E-state index is 12.6. The fourth-order valence-corrected chi connectivity index (χ4v) is 2.30. The first-order valence-electron chi connectivity index (χ1n) is 7.56. The van der Waals surface area contributed by atoms with Gasteiger partial charge in [-0.15, -0.1) is 0 Å². The molecule has 5 heteroatoms. The third-order valence-electron chi connectivity index (χ3n) is 4.42. The molecule has 0 spiro atoms. The van der Waals surface area contributed by atoms with Crippen molar-refractivity contribution in [3.05, 3.63) is 34.9 Å². The van der Waals surface area contributed by atoms with Gasteiger partial charge in [0.05, 0.1) is 0 Å². The molecule has 1 unspecified atom stereocenters. The zero-order chi connectivity index (χ0) is 16.7. The van der Waals surface area contributed by atoms with E-state index in [2.05, 4.69) is 13.0 Å². The second-order valence-corrected chi connectivity index (χ2v) is 6.80. The van der Waals surface area contributed by atoms with Gasteiger partial charge >= 0.3 is 6.18 Å². The maximum absolute atomic E-state index is 12.6. The first-order valence-corrected chi connectivity index (χ1v) is 7.56. The van der Waals surface area contributed by atoms with Gasteiger partial charge in [-0.1, -0.05) is 26.8 Å². The van der Waals surface area contributed by atoms with Crippen LogP contribution >= 0.6 is 0 Å². The lowest BCUT2D eigenvalue weighted by Gasteiger charge is -2.19. The van der Waals surface area contributed by atoms with Crippen molar-refractivity contribution < 1.29 is 18.0 Å². The lowest BCUT2D eigenvalue weighted by Crippen LogP contribution is -2.43. The number of hydrogen-bond donors (Lipinski definition) is 1. The summed E-state index contributed by atoms with van der Waals surface area (Å²) in [4.78, 5) is 12.2. The van der Waals surface area contributed by atoms with Gasteiger partial charge in [-0.25, -0.2) is 0 Å². The Bertz CT molecular complexity index is 574. The fourth-order valence-electron chi connectivity index (χ4n) is 2.30. The van der Waals surface area contributed by atoms with Gasteiger partial charge in [0.25, 0.3) is 5.91 Å². The van der Waals surface area contributed by atoms with Gasteiger partial charge in [-0.3, -0.25) is 4.79 Å². The molecule has 0 aliphatic heterocycles. The van der Waals surface area contributed by atoms with Gasteiger partial charge in [0.1, 0.15) is 6.04 Å². The van der Waals surface area contributed by atoms with Crippen LogP contribution in [-0.2, 0) is 5.41 Å². The molecule has 1 saturated carbocycles. The van der Waals surface area contributed by atoms with Crippen molar-refractivity contribution in [1.29, 1.82) is 0 Å². The van der Waals surface area contributed by atoms with Gasteiger partial charge in [0.2, 0.25) is 0 Å². The topological polar surface area (TPSA) is 29.1 Å². The summed E-state index contributed by atoms with van der Waals surface area (Å²) in [5.41, 5.74) is 2.40. The monoisotopic (exact) mass is 313 g/mol. The SMILES string of the molecule is CC(C)c1cc(C(=O)NC(C)C(F)(F)F)cc(C2(C)CC2)c1. The Morgan fingerprint density at radius 2 is 1.77 bits per heavy atom. The number of nitrogens with one attached hydrogen (secondary N) is 1. The Balaban J connectivity index is 2.30. The molecule has 0 aromatic heterocycles. The van der Waals surface area contributed by atoms with Crippen LogP contribution in [0, 0.1) is 0 Å². The van der Waals surface area contributed by atoms with Crippen molar-refractivity contribution >= 4 is 5.91 Å². The molecule has 122 valence electrons. The van der Waals surface area contributed by atoms with E-state index in [-0.39, 0.29) is 11.3 Å². The van der Waals surface area contributed by atoms with E-state index in [0.717, 1.165) is 30.9 Å². The summed E-state index contributed by atoms with van der Waals surface area (Å²) in [5, 5.41) is 2.04. The summed E-state index contributed by atoms with van der Waals surface area (Å²) in [7, 11) is 0. The molecule has 1 aromatic carbocycles. The molecular formula is C17H22F3NO. The third-order valence-corrected chi connectivity index (χ3v) is 4.42. The van der Waals surface area contributed by atoms with Crippen LogP contribution in [0.4, 0.5) is 13.2 Å². The standard InChI is InChI=1S/C17H22F3NO/c1-10(2)12-7-13(9-14(8-12)16(4)5-6-16)15(22)21-11(3)17(18,19)20/h7-11H,5-6H2,1-4H3,(H,21,22). The molecule has 2 rings (SSSR count). The van der Waals surface area contributed by atoms with Crippen LogP contribution in [0.2, 0.25) is 0 Å². The van der Waals surface area contributed by atoms with Crippen molar-refractivity contribution in [3.8, 4) is 0 Å². The zero-order valence-electron chi connectivity index (χ0n) is 13.3. The van der Waals surface area contributed by atoms with Crippen LogP contribution in [0.1, 0.15) is 67.9 Å². The third kappa shape index (κ3) is 3.62. The molecular weight excluding hydrogens is 291 g/mol. The highest BCUT2D eigenvalue weighted by molar-refractivity contribution is 5.95. The predicted molar refractivity (Wildman–Crippen MR) is 80.1 cm³/mol. The summed E-state index contributed by atoms with van der Waals surface area (Å²) >= 11 is 0. The van der Waals surface area contributed by atoms with Crippen LogP contribution in [0.15, 0.2) is 18.2 Å². The number of alkyl halides is 3. The fraction of sp³-hybridized carbons (Fsp3) is 0.588. The Morgan fingerprint density at radius 3 is 2.23 bits per heavy atom. The van der Waals surface area contributed by atoms with Crippen LogP contribution < -0.4 is 5.32 Å². The summed E-state index contributed by atoms with van der Waals surface area (Å²) in [6.07, 6.45) is -2.33. The van der Waals surface area contributed by atoms with Crippen molar-refractivity contribution in [2.75, 3.05) is 0 Å². The lowest BCUT2D eigenvalue weighted by atomic mass is 9.90. The van der Waals surface area contributed by atoms with E-state index < -0.39 is 18.1 Å². The number of hydrogen-bond acceptors (Lipinski definition) is 1. The number of amides is 1. The van der Waals surface area contributed by atoms with Gasteiger partial charge < -0.3 is 5.32 Å². The summed E-state index contributed by atoms with van der Waals surface area (Å²) in [6, 6.07) is 3.64. The molecule has 1 N–H and O–H groups in total. The molecule has 0 bridgehead atoms. The van der Waals surface area contributed by atoms with Crippen LogP contribution in [0.5, 0.6) is 0 Å². The molecule has 0 radical (unpaired) electrons. The van der Waals surface area contributed by atoms with Crippen LogP contribution in [-0.4, -0.2) is 18.1 Å². The highest BCUT2D eigenvalue weighted by Gasteiger charge is 2.40. The maximum Gasteiger partial charge on any atom is 0.408 e. The van der Waals surface area contributed by atoms with Crippen molar-refractivity contribution in [2.45, 2.75) is 64.1 Å². The molecule has 1 aromatic rings. The molecule has 1 fully saturated rings. The van der Waals surface area contributed by atoms with Crippen molar-refractivity contribution in [3.63, 3.8) is 0 Å². The van der Waals surface area contributed by atoms with Crippen LogP contribution in [0.25, 0.3) is 0 Å². The van der Waals surface area contributed by atoms with Crippen molar-refractivity contribution in [2.24, 2.45) is 0 Å². The quantitative estimate of drug-likeness (QED) is 0.868. The van der Waals surface area contributed by atoms with E-state index in [1.165, 1.54) is 0 Å². The van der Waals surface area contributed by atoms with Gasteiger partial charge in [-0.2, -0.15) is 13.2 Å².